The summed E-state index contributed by atoms with van der Waals surface area (Å²) >= 11 is 0. The molecule has 1 saturated heterocycles. The Kier molecular flexibility index (Phi) is 6.14. The third kappa shape index (κ3) is 4.79. The summed E-state index contributed by atoms with van der Waals surface area (Å²) in [6.07, 6.45) is 2.98. The quantitative estimate of drug-likeness (QED) is 0.813. The van der Waals surface area contributed by atoms with Gasteiger partial charge in [-0.05, 0) is 44.0 Å². The minimum absolute atomic E-state index is 0.0885. The molecule has 0 aromatic heterocycles. The number of nitrogens with zero attached hydrogens (tertiary/aromatic N) is 2. The van der Waals surface area contributed by atoms with Crippen LogP contribution >= 0.6 is 0 Å². The zero-order chi connectivity index (χ0) is 15.1. The molecule has 1 aliphatic rings. The van der Waals surface area contributed by atoms with Crippen LogP contribution in [0.25, 0.3) is 0 Å². The number of carbonyl (C=O) groups is 1. The predicted octanol–water partition coefficient (Wildman–Crippen LogP) is 1.75. The molecule has 1 fully saturated rings. The van der Waals surface area contributed by atoms with Gasteiger partial charge < -0.3 is 10.0 Å². The minimum Gasteiger partial charge on any atom is -0.396 e. The van der Waals surface area contributed by atoms with Gasteiger partial charge in [-0.1, -0.05) is 6.07 Å². The van der Waals surface area contributed by atoms with Gasteiger partial charge in [0.25, 0.3) is 5.91 Å². The van der Waals surface area contributed by atoms with E-state index in [1.807, 2.05) is 0 Å². The summed E-state index contributed by atoms with van der Waals surface area (Å²) in [5.74, 6) is -0.460. The van der Waals surface area contributed by atoms with Crippen LogP contribution in [0.1, 0.15) is 29.6 Å². The van der Waals surface area contributed by atoms with Crippen LogP contribution < -0.4 is 0 Å². The van der Waals surface area contributed by atoms with E-state index in [1.54, 1.807) is 17.0 Å². The second kappa shape index (κ2) is 8.10. The molecule has 0 spiro atoms. The third-order valence-electron chi connectivity index (χ3n) is 3.86. The van der Waals surface area contributed by atoms with E-state index >= 15 is 0 Å². The number of halogens is 1. The number of carbonyl (C=O) groups excluding carboxylic acids is 1. The van der Waals surface area contributed by atoms with E-state index in [9.17, 15) is 9.18 Å². The molecule has 116 valence electrons. The fourth-order valence-electron chi connectivity index (χ4n) is 2.60. The highest BCUT2D eigenvalue weighted by atomic mass is 19.1. The second-order valence-electron chi connectivity index (χ2n) is 5.43. The second-order valence-corrected chi connectivity index (χ2v) is 5.43. The summed E-state index contributed by atoms with van der Waals surface area (Å²) in [6.45, 7) is 4.38. The van der Waals surface area contributed by atoms with Crippen LogP contribution in [0.15, 0.2) is 24.3 Å². The SMILES string of the molecule is O=C(c1cccc(F)c1)N1CCN(CCCCCO)CC1. The lowest BCUT2D eigenvalue weighted by Crippen LogP contribution is -2.48. The number of unbranched alkanes of at least 4 members (excludes halogenated alkanes) is 2. The highest BCUT2D eigenvalue weighted by Crippen LogP contribution is 2.11. The van der Waals surface area contributed by atoms with Crippen molar-refractivity contribution in [3.8, 4) is 0 Å². The van der Waals surface area contributed by atoms with Gasteiger partial charge in [0.05, 0.1) is 0 Å². The minimum atomic E-state index is -0.372. The van der Waals surface area contributed by atoms with Gasteiger partial charge in [-0.3, -0.25) is 9.69 Å². The first-order chi connectivity index (χ1) is 10.2. The summed E-state index contributed by atoms with van der Waals surface area (Å²) in [5.41, 5.74) is 0.423. The average Bonchev–Trinajstić information content (AvgIpc) is 2.51. The van der Waals surface area contributed by atoms with E-state index < -0.39 is 0 Å². The number of hydrogen-bond donors (Lipinski definition) is 1. The van der Waals surface area contributed by atoms with Crippen molar-refractivity contribution in [1.82, 2.24) is 9.80 Å². The number of aliphatic hydroxyl groups is 1. The first kappa shape index (κ1) is 15.9. The lowest BCUT2D eigenvalue weighted by Gasteiger charge is -2.34. The van der Waals surface area contributed by atoms with Crippen molar-refractivity contribution < 1.29 is 14.3 Å². The van der Waals surface area contributed by atoms with Crippen LogP contribution in [0.3, 0.4) is 0 Å². The van der Waals surface area contributed by atoms with Crippen LogP contribution in [0.4, 0.5) is 4.39 Å². The van der Waals surface area contributed by atoms with Crippen molar-refractivity contribution in [2.24, 2.45) is 0 Å². The molecule has 4 nitrogen and oxygen atoms in total. The van der Waals surface area contributed by atoms with Crippen LogP contribution in [-0.2, 0) is 0 Å². The highest BCUT2D eigenvalue weighted by molar-refractivity contribution is 5.94. The van der Waals surface area contributed by atoms with Gasteiger partial charge in [0.15, 0.2) is 0 Å². The Morgan fingerprint density at radius 2 is 1.90 bits per heavy atom. The van der Waals surface area contributed by atoms with Crippen molar-refractivity contribution in [2.45, 2.75) is 19.3 Å². The fourth-order valence-corrected chi connectivity index (χ4v) is 2.60. The lowest BCUT2D eigenvalue weighted by molar-refractivity contribution is 0.0634. The number of aliphatic hydroxyl groups excluding tert-OH is 1. The largest absolute Gasteiger partial charge is 0.396 e. The van der Waals surface area contributed by atoms with Crippen LogP contribution in [0.5, 0.6) is 0 Å². The molecule has 0 bridgehead atoms. The van der Waals surface area contributed by atoms with E-state index in [1.165, 1.54) is 12.1 Å². The molecule has 1 aromatic rings. The van der Waals surface area contributed by atoms with Crippen molar-refractivity contribution >= 4 is 5.91 Å². The summed E-state index contributed by atoms with van der Waals surface area (Å²) in [6, 6.07) is 5.87. The van der Waals surface area contributed by atoms with E-state index in [4.69, 9.17) is 5.11 Å². The van der Waals surface area contributed by atoms with E-state index in [2.05, 4.69) is 4.90 Å². The molecule has 21 heavy (non-hydrogen) atoms. The van der Waals surface area contributed by atoms with Crippen LogP contribution in [0.2, 0.25) is 0 Å². The van der Waals surface area contributed by atoms with Crippen molar-refractivity contribution in [1.29, 1.82) is 0 Å². The molecule has 0 aliphatic carbocycles. The normalized spacial score (nSPS) is 16.2. The first-order valence-corrected chi connectivity index (χ1v) is 7.59. The van der Waals surface area contributed by atoms with Gasteiger partial charge in [0, 0.05) is 38.3 Å². The van der Waals surface area contributed by atoms with Crippen molar-refractivity contribution in [2.75, 3.05) is 39.3 Å². The Morgan fingerprint density at radius 1 is 1.14 bits per heavy atom. The van der Waals surface area contributed by atoms with Gasteiger partial charge in [-0.15, -0.1) is 0 Å². The molecule has 0 atom stereocenters. The van der Waals surface area contributed by atoms with Crippen LogP contribution in [-0.4, -0.2) is 60.1 Å². The van der Waals surface area contributed by atoms with Crippen molar-refractivity contribution in [3.63, 3.8) is 0 Å². The van der Waals surface area contributed by atoms with E-state index in [0.29, 0.717) is 18.7 Å². The molecular weight excluding hydrogens is 271 g/mol. The molecule has 1 aliphatic heterocycles. The Bertz CT molecular complexity index is 459. The van der Waals surface area contributed by atoms with Crippen LogP contribution in [0, 0.1) is 5.82 Å². The smallest absolute Gasteiger partial charge is 0.254 e. The molecule has 5 heteroatoms. The van der Waals surface area contributed by atoms with E-state index in [0.717, 1.165) is 38.9 Å². The third-order valence-corrected chi connectivity index (χ3v) is 3.86. The molecule has 1 N–H and O–H groups in total. The Hall–Kier alpha value is -1.46. The maximum atomic E-state index is 13.2. The predicted molar refractivity (Wildman–Crippen MR) is 79.7 cm³/mol. The first-order valence-electron chi connectivity index (χ1n) is 7.59. The standard InChI is InChI=1S/C16H23FN2O2/c17-15-6-4-5-14(13-15)16(21)19-10-8-18(9-11-19)7-2-1-3-12-20/h4-6,13,20H,1-3,7-12H2. The summed E-state index contributed by atoms with van der Waals surface area (Å²) in [4.78, 5) is 16.4. The number of piperazine rings is 1. The molecule has 0 radical (unpaired) electrons. The lowest BCUT2D eigenvalue weighted by atomic mass is 10.1. The maximum absolute atomic E-state index is 13.2. The summed E-state index contributed by atoms with van der Waals surface area (Å²) < 4.78 is 13.2. The fraction of sp³-hybridized carbons (Fsp3) is 0.562. The molecular formula is C16H23FN2O2. The molecule has 1 amide bonds. The summed E-state index contributed by atoms with van der Waals surface area (Å²) in [5, 5.41) is 8.74. The number of amides is 1. The zero-order valence-electron chi connectivity index (χ0n) is 12.3. The molecule has 1 aromatic carbocycles. The van der Waals surface area contributed by atoms with Gasteiger partial charge in [-0.2, -0.15) is 0 Å². The average molecular weight is 294 g/mol. The monoisotopic (exact) mass is 294 g/mol. The van der Waals surface area contributed by atoms with Gasteiger partial charge >= 0.3 is 0 Å². The Balaban J connectivity index is 1.77. The van der Waals surface area contributed by atoms with Gasteiger partial charge in [0.1, 0.15) is 5.82 Å². The van der Waals surface area contributed by atoms with Crippen molar-refractivity contribution in [3.05, 3.63) is 35.6 Å². The Morgan fingerprint density at radius 3 is 2.57 bits per heavy atom. The van der Waals surface area contributed by atoms with Gasteiger partial charge in [0.2, 0.25) is 0 Å². The molecule has 2 rings (SSSR count). The molecule has 1 heterocycles. The maximum Gasteiger partial charge on any atom is 0.254 e. The van der Waals surface area contributed by atoms with Gasteiger partial charge in [-0.25, -0.2) is 4.39 Å². The molecule has 0 unspecified atom stereocenters. The Labute approximate surface area is 125 Å². The highest BCUT2D eigenvalue weighted by Gasteiger charge is 2.21. The topological polar surface area (TPSA) is 43.8 Å². The summed E-state index contributed by atoms with van der Waals surface area (Å²) in [7, 11) is 0. The number of hydrogen-bond acceptors (Lipinski definition) is 3. The number of benzene rings is 1. The molecule has 0 saturated carbocycles. The van der Waals surface area contributed by atoms with E-state index in [-0.39, 0.29) is 18.3 Å². The number of rotatable bonds is 6. The zero-order valence-corrected chi connectivity index (χ0v) is 12.3.